The number of rotatable bonds is 8. The van der Waals surface area contributed by atoms with Crippen LogP contribution in [-0.4, -0.2) is 29.8 Å². The molecule has 0 aliphatic carbocycles. The Morgan fingerprint density at radius 2 is 1.87 bits per heavy atom. The molecule has 6 heteroatoms. The van der Waals surface area contributed by atoms with Crippen LogP contribution in [0.2, 0.25) is 0 Å². The minimum absolute atomic E-state index is 0.0429. The summed E-state index contributed by atoms with van der Waals surface area (Å²) in [4.78, 5) is 11.5. The van der Waals surface area contributed by atoms with E-state index in [0.29, 0.717) is 18.1 Å². The summed E-state index contributed by atoms with van der Waals surface area (Å²) < 4.78 is 5.32. The summed E-state index contributed by atoms with van der Waals surface area (Å²) in [5.74, 6) is 1.99. The Labute approximate surface area is 136 Å². The second-order valence-electron chi connectivity index (χ2n) is 5.09. The Hall–Kier alpha value is -2.63. The number of anilines is 2. The van der Waals surface area contributed by atoms with Gasteiger partial charge in [0.1, 0.15) is 11.6 Å². The molecule has 1 amide bonds. The quantitative estimate of drug-likeness (QED) is 0.783. The molecule has 0 saturated heterocycles. The number of carbonyl (C=O) groups excluding carboxylic acids is 1. The van der Waals surface area contributed by atoms with Crippen molar-refractivity contribution in [1.82, 2.24) is 10.2 Å². The zero-order chi connectivity index (χ0) is 16.5. The van der Waals surface area contributed by atoms with Crippen LogP contribution >= 0.6 is 0 Å². The molecule has 0 unspecified atom stereocenters. The molecular weight excluding hydrogens is 292 g/mol. The Morgan fingerprint density at radius 1 is 1.13 bits per heavy atom. The fraction of sp³-hybridized carbons (Fsp3) is 0.353. The highest BCUT2D eigenvalue weighted by molar-refractivity contribution is 5.89. The van der Waals surface area contributed by atoms with Gasteiger partial charge in [-0.25, -0.2) is 0 Å². The number of para-hydroxylation sites is 1. The van der Waals surface area contributed by atoms with Crippen molar-refractivity contribution in [1.29, 1.82) is 0 Å². The molecule has 1 aromatic heterocycles. The molecule has 0 radical (unpaired) electrons. The number of methoxy groups -OCH3 is 1. The van der Waals surface area contributed by atoms with E-state index >= 15 is 0 Å². The van der Waals surface area contributed by atoms with Crippen LogP contribution in [0.25, 0.3) is 0 Å². The third kappa shape index (κ3) is 5.25. The van der Waals surface area contributed by atoms with Gasteiger partial charge in [-0.1, -0.05) is 25.1 Å². The van der Waals surface area contributed by atoms with Gasteiger partial charge in [-0.2, -0.15) is 0 Å². The van der Waals surface area contributed by atoms with E-state index in [0.717, 1.165) is 30.7 Å². The number of hydrogen-bond acceptors (Lipinski definition) is 5. The molecule has 0 aliphatic heterocycles. The van der Waals surface area contributed by atoms with E-state index < -0.39 is 0 Å². The monoisotopic (exact) mass is 314 g/mol. The highest BCUT2D eigenvalue weighted by atomic mass is 16.5. The Kier molecular flexibility index (Phi) is 6.35. The SMILES string of the molecule is CCCC(=O)Nc1ccc(NCCc2ccccc2OC)nn1. The van der Waals surface area contributed by atoms with E-state index in [1.54, 1.807) is 19.2 Å². The molecule has 1 heterocycles. The molecule has 0 saturated carbocycles. The Morgan fingerprint density at radius 3 is 2.57 bits per heavy atom. The summed E-state index contributed by atoms with van der Waals surface area (Å²) in [6.45, 7) is 2.68. The van der Waals surface area contributed by atoms with Gasteiger partial charge in [-0.15, -0.1) is 10.2 Å². The predicted octanol–water partition coefficient (Wildman–Crippen LogP) is 2.88. The second kappa shape index (κ2) is 8.73. The van der Waals surface area contributed by atoms with Gasteiger partial charge in [-0.05, 0) is 36.6 Å². The van der Waals surface area contributed by atoms with E-state index in [1.807, 2.05) is 31.2 Å². The molecule has 0 spiro atoms. The summed E-state index contributed by atoms with van der Waals surface area (Å²) in [7, 11) is 1.67. The van der Waals surface area contributed by atoms with Crippen molar-refractivity contribution < 1.29 is 9.53 Å². The first kappa shape index (κ1) is 16.7. The molecule has 2 aromatic rings. The average Bonchev–Trinajstić information content (AvgIpc) is 2.57. The molecule has 23 heavy (non-hydrogen) atoms. The lowest BCUT2D eigenvalue weighted by molar-refractivity contribution is -0.116. The number of ether oxygens (including phenoxy) is 1. The van der Waals surface area contributed by atoms with Gasteiger partial charge in [0, 0.05) is 13.0 Å². The molecule has 122 valence electrons. The van der Waals surface area contributed by atoms with Crippen LogP contribution in [0.1, 0.15) is 25.3 Å². The van der Waals surface area contributed by atoms with E-state index in [9.17, 15) is 4.79 Å². The maximum absolute atomic E-state index is 11.5. The van der Waals surface area contributed by atoms with Gasteiger partial charge in [0.25, 0.3) is 0 Å². The van der Waals surface area contributed by atoms with Crippen molar-refractivity contribution >= 4 is 17.5 Å². The maximum Gasteiger partial charge on any atom is 0.225 e. The van der Waals surface area contributed by atoms with Crippen molar-refractivity contribution in [2.24, 2.45) is 0 Å². The van der Waals surface area contributed by atoms with Gasteiger partial charge < -0.3 is 15.4 Å². The summed E-state index contributed by atoms with van der Waals surface area (Å²) in [5.41, 5.74) is 1.14. The van der Waals surface area contributed by atoms with Crippen LogP contribution in [0.15, 0.2) is 36.4 Å². The first-order valence-electron chi connectivity index (χ1n) is 7.72. The van der Waals surface area contributed by atoms with Crippen LogP contribution in [0.3, 0.4) is 0 Å². The van der Waals surface area contributed by atoms with Gasteiger partial charge in [0.2, 0.25) is 5.91 Å². The smallest absolute Gasteiger partial charge is 0.225 e. The van der Waals surface area contributed by atoms with E-state index in [1.165, 1.54) is 0 Å². The summed E-state index contributed by atoms with van der Waals surface area (Å²) in [6.07, 6.45) is 2.11. The number of hydrogen-bond donors (Lipinski definition) is 2. The predicted molar refractivity (Wildman–Crippen MR) is 90.8 cm³/mol. The Balaban J connectivity index is 1.83. The lowest BCUT2D eigenvalue weighted by atomic mass is 10.1. The van der Waals surface area contributed by atoms with E-state index in [-0.39, 0.29) is 5.91 Å². The highest BCUT2D eigenvalue weighted by Gasteiger charge is 2.04. The standard InChI is InChI=1S/C17H22N4O2/c1-3-6-17(22)19-16-10-9-15(20-21-16)18-12-11-13-7-4-5-8-14(13)23-2/h4-5,7-10H,3,6,11-12H2,1-2H3,(H,18,20)(H,19,21,22). The minimum Gasteiger partial charge on any atom is -0.496 e. The Bertz CT molecular complexity index is 629. The van der Waals surface area contributed by atoms with Gasteiger partial charge in [-0.3, -0.25) is 4.79 Å². The summed E-state index contributed by atoms with van der Waals surface area (Å²) in [5, 5.41) is 14.0. The first-order valence-corrected chi connectivity index (χ1v) is 7.72. The van der Waals surface area contributed by atoms with Gasteiger partial charge in [0.05, 0.1) is 7.11 Å². The number of aromatic nitrogens is 2. The molecule has 0 aliphatic rings. The summed E-state index contributed by atoms with van der Waals surface area (Å²) in [6, 6.07) is 11.5. The molecule has 1 aromatic carbocycles. The molecule has 0 atom stereocenters. The fourth-order valence-electron chi connectivity index (χ4n) is 2.16. The normalized spacial score (nSPS) is 10.2. The molecule has 0 fully saturated rings. The highest BCUT2D eigenvalue weighted by Crippen LogP contribution is 2.17. The molecule has 2 rings (SSSR count). The largest absolute Gasteiger partial charge is 0.496 e. The van der Waals surface area contributed by atoms with Crippen LogP contribution in [0.4, 0.5) is 11.6 Å². The fourth-order valence-corrected chi connectivity index (χ4v) is 2.16. The van der Waals surface area contributed by atoms with Gasteiger partial charge in [0.15, 0.2) is 5.82 Å². The second-order valence-corrected chi connectivity index (χ2v) is 5.09. The number of nitrogens with zero attached hydrogens (tertiary/aromatic N) is 2. The van der Waals surface area contributed by atoms with Crippen molar-refractivity contribution in [2.45, 2.75) is 26.2 Å². The van der Waals surface area contributed by atoms with Crippen LogP contribution in [-0.2, 0) is 11.2 Å². The molecule has 0 bridgehead atoms. The molecule has 6 nitrogen and oxygen atoms in total. The molecular formula is C17H22N4O2. The van der Waals surface area contributed by atoms with Crippen LogP contribution < -0.4 is 15.4 Å². The number of nitrogens with one attached hydrogen (secondary N) is 2. The number of benzene rings is 1. The summed E-state index contributed by atoms with van der Waals surface area (Å²) >= 11 is 0. The molecule has 2 N–H and O–H groups in total. The van der Waals surface area contributed by atoms with Crippen LogP contribution in [0, 0.1) is 0 Å². The maximum atomic E-state index is 11.5. The number of amides is 1. The minimum atomic E-state index is -0.0429. The average molecular weight is 314 g/mol. The van der Waals surface area contributed by atoms with Crippen molar-refractivity contribution in [2.75, 3.05) is 24.3 Å². The lowest BCUT2D eigenvalue weighted by Gasteiger charge is -2.09. The zero-order valence-electron chi connectivity index (χ0n) is 13.5. The van der Waals surface area contributed by atoms with Crippen molar-refractivity contribution in [3.63, 3.8) is 0 Å². The third-order valence-corrected chi connectivity index (χ3v) is 3.30. The first-order chi connectivity index (χ1) is 11.2. The van der Waals surface area contributed by atoms with Crippen LogP contribution in [0.5, 0.6) is 5.75 Å². The third-order valence-electron chi connectivity index (χ3n) is 3.30. The van der Waals surface area contributed by atoms with Crippen molar-refractivity contribution in [3.05, 3.63) is 42.0 Å². The van der Waals surface area contributed by atoms with E-state index in [4.69, 9.17) is 4.74 Å². The lowest BCUT2D eigenvalue weighted by Crippen LogP contribution is -2.13. The van der Waals surface area contributed by atoms with E-state index in [2.05, 4.69) is 20.8 Å². The number of carbonyl (C=O) groups is 1. The van der Waals surface area contributed by atoms with Gasteiger partial charge >= 0.3 is 0 Å². The zero-order valence-corrected chi connectivity index (χ0v) is 13.5. The topological polar surface area (TPSA) is 76.1 Å². The van der Waals surface area contributed by atoms with Crippen molar-refractivity contribution in [3.8, 4) is 5.75 Å².